The number of hydrogen-bond acceptors (Lipinski definition) is 4. The molecule has 1 aromatic heterocycles. The van der Waals surface area contributed by atoms with E-state index in [0.29, 0.717) is 11.8 Å². The fourth-order valence-electron chi connectivity index (χ4n) is 5.85. The summed E-state index contributed by atoms with van der Waals surface area (Å²) >= 11 is 0. The van der Waals surface area contributed by atoms with E-state index in [1.807, 2.05) is 0 Å². The summed E-state index contributed by atoms with van der Waals surface area (Å²) in [5.74, 6) is 3.29. The molecule has 184 valence electrons. The van der Waals surface area contributed by atoms with Gasteiger partial charge in [-0.05, 0) is 73.8 Å². The number of piperidine rings is 1. The van der Waals surface area contributed by atoms with Crippen molar-refractivity contribution in [2.24, 2.45) is 5.92 Å². The standard InChI is InChI=1S/C31H40N4/c1-20(2)25-13-12-22(4)28(17-25)34-16-14-27-26(19-34)31(35-15-8-9-21(3)18-35)33-30(32-27)29-23(5)10-7-11-24(29)6/h7,10-13,17,20-21H,8-9,14-16,18-19H2,1-6H3. The normalized spacial score (nSPS) is 18.2. The van der Waals surface area contributed by atoms with Crippen LogP contribution in [0.1, 0.15) is 73.0 Å². The third-order valence-electron chi connectivity index (χ3n) is 7.94. The van der Waals surface area contributed by atoms with Crippen LogP contribution in [0.15, 0.2) is 36.4 Å². The van der Waals surface area contributed by atoms with Crippen LogP contribution in [0.3, 0.4) is 0 Å². The molecular weight excluding hydrogens is 428 g/mol. The topological polar surface area (TPSA) is 32.3 Å². The van der Waals surface area contributed by atoms with E-state index in [1.165, 1.54) is 63.4 Å². The predicted molar refractivity (Wildman–Crippen MR) is 148 cm³/mol. The number of hydrogen-bond donors (Lipinski definition) is 0. The largest absolute Gasteiger partial charge is 0.366 e. The molecule has 0 aliphatic carbocycles. The van der Waals surface area contributed by atoms with E-state index in [4.69, 9.17) is 9.97 Å². The lowest BCUT2D eigenvalue weighted by Gasteiger charge is -2.37. The van der Waals surface area contributed by atoms with Gasteiger partial charge in [-0.15, -0.1) is 0 Å². The van der Waals surface area contributed by atoms with Gasteiger partial charge in [0.1, 0.15) is 5.82 Å². The molecule has 35 heavy (non-hydrogen) atoms. The van der Waals surface area contributed by atoms with Crippen molar-refractivity contribution in [3.05, 3.63) is 69.9 Å². The molecule has 3 heterocycles. The maximum absolute atomic E-state index is 5.32. The van der Waals surface area contributed by atoms with Crippen molar-refractivity contribution < 1.29 is 0 Å². The summed E-state index contributed by atoms with van der Waals surface area (Å²) in [6.07, 6.45) is 3.50. The molecule has 0 spiro atoms. The maximum atomic E-state index is 5.32. The Morgan fingerprint density at radius 3 is 2.40 bits per heavy atom. The number of anilines is 2. The summed E-state index contributed by atoms with van der Waals surface area (Å²) in [7, 11) is 0. The number of aromatic nitrogens is 2. The number of benzene rings is 2. The Morgan fingerprint density at radius 2 is 1.69 bits per heavy atom. The smallest absolute Gasteiger partial charge is 0.162 e. The molecule has 2 aliphatic rings. The maximum Gasteiger partial charge on any atom is 0.162 e. The van der Waals surface area contributed by atoms with Gasteiger partial charge in [-0.1, -0.05) is 51.1 Å². The van der Waals surface area contributed by atoms with Crippen LogP contribution in [0.25, 0.3) is 11.4 Å². The van der Waals surface area contributed by atoms with Gasteiger partial charge in [0.2, 0.25) is 0 Å². The van der Waals surface area contributed by atoms with E-state index in [2.05, 4.69) is 87.7 Å². The highest BCUT2D eigenvalue weighted by atomic mass is 15.2. The quantitative estimate of drug-likeness (QED) is 0.413. The summed E-state index contributed by atoms with van der Waals surface area (Å²) in [6, 6.07) is 13.5. The minimum atomic E-state index is 0.528. The molecule has 2 aliphatic heterocycles. The first kappa shape index (κ1) is 23.8. The number of rotatable bonds is 4. The Morgan fingerprint density at radius 1 is 0.914 bits per heavy atom. The van der Waals surface area contributed by atoms with E-state index in [9.17, 15) is 0 Å². The molecule has 3 aromatic rings. The molecule has 2 aromatic carbocycles. The second kappa shape index (κ2) is 9.64. The van der Waals surface area contributed by atoms with Crippen LogP contribution < -0.4 is 9.80 Å². The van der Waals surface area contributed by atoms with Gasteiger partial charge >= 0.3 is 0 Å². The van der Waals surface area contributed by atoms with Gasteiger partial charge in [0.05, 0.1) is 5.69 Å². The van der Waals surface area contributed by atoms with E-state index >= 15 is 0 Å². The predicted octanol–water partition coefficient (Wildman–Crippen LogP) is 6.99. The summed E-state index contributed by atoms with van der Waals surface area (Å²) in [5.41, 5.74) is 10.4. The Bertz CT molecular complexity index is 1210. The molecule has 4 nitrogen and oxygen atoms in total. The zero-order valence-corrected chi connectivity index (χ0v) is 22.4. The minimum Gasteiger partial charge on any atom is -0.366 e. The monoisotopic (exact) mass is 468 g/mol. The molecule has 0 radical (unpaired) electrons. The lowest BCUT2D eigenvalue weighted by atomic mass is 9.96. The lowest BCUT2D eigenvalue weighted by molar-refractivity contribution is 0.443. The van der Waals surface area contributed by atoms with Crippen LogP contribution >= 0.6 is 0 Å². The van der Waals surface area contributed by atoms with Gasteiger partial charge in [0, 0.05) is 49.4 Å². The van der Waals surface area contributed by atoms with Crippen LogP contribution in [0.4, 0.5) is 11.5 Å². The zero-order chi connectivity index (χ0) is 24.7. The first-order chi connectivity index (χ1) is 16.8. The Balaban J connectivity index is 1.60. The molecule has 1 fully saturated rings. The molecule has 1 atom stereocenters. The fourth-order valence-corrected chi connectivity index (χ4v) is 5.85. The summed E-state index contributed by atoms with van der Waals surface area (Å²) in [5, 5.41) is 0. The van der Waals surface area contributed by atoms with Crippen LogP contribution in [0, 0.1) is 26.7 Å². The molecule has 0 amide bonds. The van der Waals surface area contributed by atoms with E-state index in [0.717, 1.165) is 38.4 Å². The highest BCUT2D eigenvalue weighted by Gasteiger charge is 2.29. The molecule has 4 heteroatoms. The molecule has 1 unspecified atom stereocenters. The third kappa shape index (κ3) is 4.68. The van der Waals surface area contributed by atoms with Crippen molar-refractivity contribution in [2.75, 3.05) is 29.4 Å². The highest BCUT2D eigenvalue weighted by Crippen LogP contribution is 2.36. The fraction of sp³-hybridized carbons (Fsp3) is 0.484. The lowest BCUT2D eigenvalue weighted by Crippen LogP contribution is -2.39. The first-order valence-corrected chi connectivity index (χ1v) is 13.4. The van der Waals surface area contributed by atoms with Crippen molar-refractivity contribution in [1.82, 2.24) is 9.97 Å². The molecule has 0 saturated carbocycles. The highest BCUT2D eigenvalue weighted by molar-refractivity contribution is 5.68. The molecule has 1 saturated heterocycles. The molecule has 0 N–H and O–H groups in total. The van der Waals surface area contributed by atoms with Crippen LogP contribution in [-0.4, -0.2) is 29.6 Å². The van der Waals surface area contributed by atoms with Gasteiger partial charge in [-0.25, -0.2) is 9.97 Å². The summed E-state index contributed by atoms with van der Waals surface area (Å²) in [4.78, 5) is 15.6. The van der Waals surface area contributed by atoms with Gasteiger partial charge < -0.3 is 9.80 Å². The van der Waals surface area contributed by atoms with Crippen LogP contribution in [0.2, 0.25) is 0 Å². The van der Waals surface area contributed by atoms with Crippen molar-refractivity contribution in [2.45, 2.75) is 73.3 Å². The van der Waals surface area contributed by atoms with E-state index in [1.54, 1.807) is 0 Å². The number of aryl methyl sites for hydroxylation is 3. The second-order valence-electron chi connectivity index (χ2n) is 11.1. The zero-order valence-electron chi connectivity index (χ0n) is 22.4. The van der Waals surface area contributed by atoms with Gasteiger partial charge in [0.25, 0.3) is 0 Å². The summed E-state index contributed by atoms with van der Waals surface area (Å²) in [6.45, 7) is 17.6. The van der Waals surface area contributed by atoms with Gasteiger partial charge in [0.15, 0.2) is 5.82 Å². The molecule has 0 bridgehead atoms. The Kier molecular flexibility index (Phi) is 6.57. The van der Waals surface area contributed by atoms with E-state index in [-0.39, 0.29) is 0 Å². The number of fused-ring (bicyclic) bond motifs is 1. The Labute approximate surface area is 211 Å². The minimum absolute atomic E-state index is 0.528. The molecular formula is C31H40N4. The van der Waals surface area contributed by atoms with Crippen molar-refractivity contribution in [3.8, 4) is 11.4 Å². The third-order valence-corrected chi connectivity index (χ3v) is 7.94. The van der Waals surface area contributed by atoms with Crippen LogP contribution in [0.5, 0.6) is 0 Å². The van der Waals surface area contributed by atoms with Gasteiger partial charge in [-0.2, -0.15) is 0 Å². The SMILES string of the molecule is Cc1ccc(C(C)C)cc1N1CCc2nc(-c3c(C)cccc3C)nc(N3CCCC(C)C3)c2C1. The number of nitrogens with zero attached hydrogens (tertiary/aromatic N) is 4. The van der Waals surface area contributed by atoms with E-state index < -0.39 is 0 Å². The van der Waals surface area contributed by atoms with Gasteiger partial charge in [-0.3, -0.25) is 0 Å². The average Bonchev–Trinajstić information content (AvgIpc) is 2.83. The van der Waals surface area contributed by atoms with Crippen molar-refractivity contribution in [3.63, 3.8) is 0 Å². The van der Waals surface area contributed by atoms with Crippen molar-refractivity contribution in [1.29, 1.82) is 0 Å². The van der Waals surface area contributed by atoms with Crippen LogP contribution in [-0.2, 0) is 13.0 Å². The summed E-state index contributed by atoms with van der Waals surface area (Å²) < 4.78 is 0. The second-order valence-corrected chi connectivity index (χ2v) is 11.1. The molecule has 5 rings (SSSR count). The van der Waals surface area contributed by atoms with Crippen molar-refractivity contribution >= 4 is 11.5 Å². The Hall–Kier alpha value is -2.88. The average molecular weight is 469 g/mol. The first-order valence-electron chi connectivity index (χ1n) is 13.4.